The van der Waals surface area contributed by atoms with E-state index in [4.69, 9.17) is 15.0 Å². The molecular weight excluding hydrogens is 273 g/mol. The monoisotopic (exact) mass is 291 g/mol. The average Bonchev–Trinajstić information content (AvgIpc) is 2.96. The molecule has 6 heteroatoms. The fraction of sp³-hybridized carbons (Fsp3) is 0.467. The predicted octanol–water partition coefficient (Wildman–Crippen LogP) is 2.23. The van der Waals surface area contributed by atoms with E-state index in [1.165, 1.54) is 12.1 Å². The maximum Gasteiger partial charge on any atom is 0.243 e. The summed E-state index contributed by atoms with van der Waals surface area (Å²) in [6, 6.07) is 6.11. The van der Waals surface area contributed by atoms with Crippen LogP contribution in [0.2, 0.25) is 0 Å². The zero-order valence-electron chi connectivity index (χ0n) is 11.7. The Balaban J connectivity index is 1.68. The molecule has 112 valence electrons. The van der Waals surface area contributed by atoms with Gasteiger partial charge in [-0.2, -0.15) is 4.98 Å². The minimum atomic E-state index is -0.268. The molecule has 1 unspecified atom stereocenters. The van der Waals surface area contributed by atoms with Crippen LogP contribution in [-0.4, -0.2) is 23.4 Å². The lowest BCUT2D eigenvalue weighted by atomic mass is 9.92. The van der Waals surface area contributed by atoms with Gasteiger partial charge in [0.2, 0.25) is 5.89 Å². The molecule has 1 aliphatic rings. The molecule has 1 aromatic heterocycles. The maximum absolute atomic E-state index is 13.2. The van der Waals surface area contributed by atoms with Crippen molar-refractivity contribution in [2.75, 3.05) is 13.2 Å². The molecular formula is C15H18FN3O2. The minimum Gasteiger partial charge on any atom is -0.381 e. The quantitative estimate of drug-likeness (QED) is 0.935. The third kappa shape index (κ3) is 3.46. The van der Waals surface area contributed by atoms with Gasteiger partial charge in [0.05, 0.1) is 6.04 Å². The number of hydrogen-bond acceptors (Lipinski definition) is 5. The molecule has 1 aromatic carbocycles. The molecule has 0 saturated carbocycles. The zero-order valence-corrected chi connectivity index (χ0v) is 11.7. The molecule has 1 atom stereocenters. The summed E-state index contributed by atoms with van der Waals surface area (Å²) in [6.45, 7) is 1.45. The van der Waals surface area contributed by atoms with Gasteiger partial charge in [-0.1, -0.05) is 17.3 Å². The Kier molecular flexibility index (Phi) is 4.26. The van der Waals surface area contributed by atoms with Crippen molar-refractivity contribution in [3.8, 4) is 0 Å². The van der Waals surface area contributed by atoms with Crippen molar-refractivity contribution >= 4 is 0 Å². The molecule has 0 spiro atoms. The molecule has 0 aliphatic carbocycles. The fourth-order valence-electron chi connectivity index (χ4n) is 2.58. The van der Waals surface area contributed by atoms with Crippen LogP contribution < -0.4 is 5.73 Å². The first kappa shape index (κ1) is 14.2. The van der Waals surface area contributed by atoms with E-state index in [1.807, 2.05) is 6.07 Å². The van der Waals surface area contributed by atoms with Crippen molar-refractivity contribution in [1.82, 2.24) is 10.1 Å². The largest absolute Gasteiger partial charge is 0.381 e. The van der Waals surface area contributed by atoms with Crippen LogP contribution in [0.15, 0.2) is 28.8 Å². The standard InChI is InChI=1S/C15H18FN3O2/c16-12-3-1-2-10(8-12)9-13-18-15(21-19-13)14(17)11-4-6-20-7-5-11/h1-3,8,11,14H,4-7,9,17H2. The van der Waals surface area contributed by atoms with E-state index in [0.29, 0.717) is 24.1 Å². The molecule has 2 N–H and O–H groups in total. The zero-order chi connectivity index (χ0) is 14.7. The Bertz CT molecular complexity index is 596. The van der Waals surface area contributed by atoms with E-state index < -0.39 is 0 Å². The second-order valence-corrected chi connectivity index (χ2v) is 5.33. The van der Waals surface area contributed by atoms with Gasteiger partial charge >= 0.3 is 0 Å². The van der Waals surface area contributed by atoms with Crippen LogP contribution in [0.1, 0.15) is 36.2 Å². The highest BCUT2D eigenvalue weighted by molar-refractivity contribution is 5.19. The average molecular weight is 291 g/mol. The van der Waals surface area contributed by atoms with E-state index in [9.17, 15) is 4.39 Å². The van der Waals surface area contributed by atoms with E-state index in [0.717, 1.165) is 31.6 Å². The molecule has 3 rings (SSSR count). The van der Waals surface area contributed by atoms with Crippen molar-refractivity contribution in [1.29, 1.82) is 0 Å². The van der Waals surface area contributed by atoms with E-state index in [-0.39, 0.29) is 11.9 Å². The number of hydrogen-bond donors (Lipinski definition) is 1. The van der Waals surface area contributed by atoms with Gasteiger partial charge in [0.25, 0.3) is 0 Å². The number of ether oxygens (including phenoxy) is 1. The first-order valence-corrected chi connectivity index (χ1v) is 7.12. The minimum absolute atomic E-state index is 0.261. The summed E-state index contributed by atoms with van der Waals surface area (Å²) in [5, 5.41) is 3.94. The fourth-order valence-corrected chi connectivity index (χ4v) is 2.58. The Morgan fingerprint density at radius 1 is 1.33 bits per heavy atom. The third-order valence-corrected chi connectivity index (χ3v) is 3.79. The second kappa shape index (κ2) is 6.32. The normalized spacial score (nSPS) is 17.8. The molecule has 21 heavy (non-hydrogen) atoms. The maximum atomic E-state index is 13.2. The summed E-state index contributed by atoms with van der Waals surface area (Å²) in [5.74, 6) is 1.02. The summed E-state index contributed by atoms with van der Waals surface area (Å²) in [4.78, 5) is 4.34. The molecule has 2 heterocycles. The summed E-state index contributed by atoms with van der Waals surface area (Å²) in [5.41, 5.74) is 7.00. The van der Waals surface area contributed by atoms with Gasteiger partial charge in [-0.05, 0) is 36.5 Å². The van der Waals surface area contributed by atoms with Crippen molar-refractivity contribution in [3.63, 3.8) is 0 Å². The Hall–Kier alpha value is -1.79. The molecule has 1 aliphatic heterocycles. The van der Waals surface area contributed by atoms with Crippen LogP contribution in [0.25, 0.3) is 0 Å². The van der Waals surface area contributed by atoms with Crippen molar-refractivity contribution in [2.45, 2.75) is 25.3 Å². The number of aromatic nitrogens is 2. The van der Waals surface area contributed by atoms with Gasteiger partial charge in [-0.3, -0.25) is 0 Å². The third-order valence-electron chi connectivity index (χ3n) is 3.79. The number of nitrogens with zero attached hydrogens (tertiary/aromatic N) is 2. The van der Waals surface area contributed by atoms with Crippen LogP contribution in [0.3, 0.4) is 0 Å². The van der Waals surface area contributed by atoms with Gasteiger partial charge in [0, 0.05) is 19.6 Å². The van der Waals surface area contributed by atoms with Gasteiger partial charge < -0.3 is 15.0 Å². The molecule has 1 fully saturated rings. The smallest absolute Gasteiger partial charge is 0.243 e. The van der Waals surface area contributed by atoms with Crippen LogP contribution in [-0.2, 0) is 11.2 Å². The number of nitrogens with two attached hydrogens (primary N) is 1. The highest BCUT2D eigenvalue weighted by Crippen LogP contribution is 2.27. The van der Waals surface area contributed by atoms with Crippen molar-refractivity contribution < 1.29 is 13.7 Å². The van der Waals surface area contributed by atoms with Crippen LogP contribution in [0.5, 0.6) is 0 Å². The summed E-state index contributed by atoms with van der Waals surface area (Å²) in [7, 11) is 0. The van der Waals surface area contributed by atoms with Gasteiger partial charge in [-0.15, -0.1) is 0 Å². The van der Waals surface area contributed by atoms with Gasteiger partial charge in [-0.25, -0.2) is 4.39 Å². The Labute approximate surface area is 122 Å². The first-order valence-electron chi connectivity index (χ1n) is 7.12. The van der Waals surface area contributed by atoms with Crippen LogP contribution in [0, 0.1) is 11.7 Å². The lowest BCUT2D eigenvalue weighted by Crippen LogP contribution is -2.27. The molecule has 2 aromatic rings. The number of halogens is 1. The summed E-state index contributed by atoms with van der Waals surface area (Å²) >= 11 is 0. The van der Waals surface area contributed by atoms with Crippen molar-refractivity contribution in [3.05, 3.63) is 47.4 Å². The first-order chi connectivity index (χ1) is 10.2. The van der Waals surface area contributed by atoms with Crippen LogP contribution >= 0.6 is 0 Å². The van der Waals surface area contributed by atoms with Crippen LogP contribution in [0.4, 0.5) is 4.39 Å². The predicted molar refractivity (Wildman–Crippen MR) is 74.0 cm³/mol. The Morgan fingerprint density at radius 3 is 2.90 bits per heavy atom. The van der Waals surface area contributed by atoms with E-state index in [2.05, 4.69) is 10.1 Å². The highest BCUT2D eigenvalue weighted by atomic mass is 19.1. The number of rotatable bonds is 4. The van der Waals surface area contributed by atoms with Crippen molar-refractivity contribution in [2.24, 2.45) is 11.7 Å². The molecule has 1 saturated heterocycles. The topological polar surface area (TPSA) is 74.2 Å². The molecule has 0 bridgehead atoms. The lowest BCUT2D eigenvalue weighted by Gasteiger charge is -2.25. The molecule has 5 nitrogen and oxygen atoms in total. The van der Waals surface area contributed by atoms with Gasteiger partial charge in [0.1, 0.15) is 5.82 Å². The second-order valence-electron chi connectivity index (χ2n) is 5.33. The van der Waals surface area contributed by atoms with Gasteiger partial charge in [0.15, 0.2) is 5.82 Å². The Morgan fingerprint density at radius 2 is 2.14 bits per heavy atom. The highest BCUT2D eigenvalue weighted by Gasteiger charge is 2.26. The molecule has 0 radical (unpaired) electrons. The summed E-state index contributed by atoms with van der Waals surface area (Å²) in [6.07, 6.45) is 2.24. The van der Waals surface area contributed by atoms with E-state index >= 15 is 0 Å². The number of benzene rings is 1. The SMILES string of the molecule is NC(c1nc(Cc2cccc(F)c2)no1)C1CCOCC1. The van der Waals surface area contributed by atoms with E-state index in [1.54, 1.807) is 6.07 Å². The summed E-state index contributed by atoms with van der Waals surface area (Å²) < 4.78 is 23.7. The lowest BCUT2D eigenvalue weighted by molar-refractivity contribution is 0.0546. The molecule has 0 amide bonds.